The predicted molar refractivity (Wildman–Crippen MR) is 84.8 cm³/mol. The van der Waals surface area contributed by atoms with Crippen LogP contribution in [-0.4, -0.2) is 0 Å². The molecule has 3 heteroatoms. The van der Waals surface area contributed by atoms with Crippen LogP contribution in [-0.2, 0) is 0 Å². The van der Waals surface area contributed by atoms with Crippen molar-refractivity contribution in [2.24, 2.45) is 5.73 Å². The number of benzene rings is 2. The van der Waals surface area contributed by atoms with E-state index in [0.29, 0.717) is 10.8 Å². The minimum atomic E-state index is -0.0380. The maximum Gasteiger partial charge on any atom is 0.146 e. The van der Waals surface area contributed by atoms with Gasteiger partial charge in [-0.05, 0) is 62.1 Å². The number of halogens is 1. The van der Waals surface area contributed by atoms with Crippen LogP contribution in [0.2, 0.25) is 5.02 Å². The number of nitrogens with two attached hydrogens (primary N) is 1. The molecule has 2 nitrogen and oxygen atoms in total. The van der Waals surface area contributed by atoms with Crippen LogP contribution in [0.25, 0.3) is 0 Å². The molecule has 0 saturated carbocycles. The van der Waals surface area contributed by atoms with Gasteiger partial charge in [-0.15, -0.1) is 0 Å². The smallest absolute Gasteiger partial charge is 0.146 e. The van der Waals surface area contributed by atoms with Crippen LogP contribution in [0.15, 0.2) is 30.3 Å². The molecule has 0 aliphatic rings. The van der Waals surface area contributed by atoms with Crippen molar-refractivity contribution < 1.29 is 4.74 Å². The third-order valence-electron chi connectivity index (χ3n) is 3.57. The fourth-order valence-corrected chi connectivity index (χ4v) is 2.30. The standard InChI is InChI=1S/C17H20ClNO/c1-10-5-6-11(2)17(12(10)3)20-16-8-7-14(13(4)19)9-15(16)18/h5-9,13H,19H2,1-4H3/t13-/m1/s1. The summed E-state index contributed by atoms with van der Waals surface area (Å²) in [6.45, 7) is 8.09. The van der Waals surface area contributed by atoms with Gasteiger partial charge in [0, 0.05) is 6.04 Å². The SMILES string of the molecule is Cc1ccc(C)c(Oc2ccc([C@@H](C)N)cc2Cl)c1C. The van der Waals surface area contributed by atoms with Gasteiger partial charge in [0.1, 0.15) is 11.5 Å². The van der Waals surface area contributed by atoms with Gasteiger partial charge in [-0.3, -0.25) is 0 Å². The first-order valence-electron chi connectivity index (χ1n) is 6.70. The summed E-state index contributed by atoms with van der Waals surface area (Å²) >= 11 is 6.29. The zero-order valence-corrected chi connectivity index (χ0v) is 13.1. The van der Waals surface area contributed by atoms with E-state index in [2.05, 4.69) is 26.0 Å². The van der Waals surface area contributed by atoms with Crippen LogP contribution in [0.4, 0.5) is 0 Å². The van der Waals surface area contributed by atoms with Crippen molar-refractivity contribution >= 4 is 11.6 Å². The normalized spacial score (nSPS) is 12.3. The molecule has 0 aromatic heterocycles. The van der Waals surface area contributed by atoms with Gasteiger partial charge in [0.25, 0.3) is 0 Å². The Morgan fingerprint density at radius 2 is 1.70 bits per heavy atom. The third-order valence-corrected chi connectivity index (χ3v) is 3.86. The largest absolute Gasteiger partial charge is 0.455 e. The topological polar surface area (TPSA) is 35.2 Å². The molecule has 0 aliphatic heterocycles. The number of hydrogen-bond acceptors (Lipinski definition) is 2. The number of hydrogen-bond donors (Lipinski definition) is 1. The summed E-state index contributed by atoms with van der Waals surface area (Å²) in [7, 11) is 0. The monoisotopic (exact) mass is 289 g/mol. The Balaban J connectivity index is 2.38. The Kier molecular flexibility index (Phi) is 4.36. The average Bonchev–Trinajstić information content (AvgIpc) is 2.40. The van der Waals surface area contributed by atoms with E-state index in [-0.39, 0.29) is 6.04 Å². The van der Waals surface area contributed by atoms with Gasteiger partial charge in [0.05, 0.1) is 5.02 Å². The summed E-state index contributed by atoms with van der Waals surface area (Å²) < 4.78 is 6.01. The first kappa shape index (κ1) is 14.9. The highest BCUT2D eigenvalue weighted by Gasteiger charge is 2.11. The molecule has 106 valence electrons. The van der Waals surface area contributed by atoms with Gasteiger partial charge in [0.2, 0.25) is 0 Å². The van der Waals surface area contributed by atoms with Crippen molar-refractivity contribution in [3.05, 3.63) is 57.6 Å². The molecule has 0 saturated heterocycles. The zero-order chi connectivity index (χ0) is 14.9. The predicted octanol–water partition coefficient (Wildman–Crippen LogP) is 5.08. The molecule has 2 aromatic rings. The van der Waals surface area contributed by atoms with Crippen molar-refractivity contribution in [2.45, 2.75) is 33.7 Å². The molecule has 0 aliphatic carbocycles. The van der Waals surface area contributed by atoms with Crippen molar-refractivity contribution in [2.75, 3.05) is 0 Å². The van der Waals surface area contributed by atoms with Crippen LogP contribution in [0, 0.1) is 20.8 Å². The van der Waals surface area contributed by atoms with Gasteiger partial charge in [-0.1, -0.05) is 29.8 Å². The highest BCUT2D eigenvalue weighted by molar-refractivity contribution is 6.32. The lowest BCUT2D eigenvalue weighted by atomic mass is 10.1. The Morgan fingerprint density at radius 3 is 2.30 bits per heavy atom. The van der Waals surface area contributed by atoms with E-state index in [1.807, 2.05) is 32.0 Å². The fourth-order valence-electron chi connectivity index (χ4n) is 2.08. The lowest BCUT2D eigenvalue weighted by Gasteiger charge is -2.15. The van der Waals surface area contributed by atoms with Crippen molar-refractivity contribution in [1.29, 1.82) is 0 Å². The summed E-state index contributed by atoms with van der Waals surface area (Å²) in [4.78, 5) is 0. The molecule has 0 bridgehead atoms. The minimum Gasteiger partial charge on any atom is -0.455 e. The van der Waals surface area contributed by atoms with Gasteiger partial charge in [-0.2, -0.15) is 0 Å². The highest BCUT2D eigenvalue weighted by Crippen LogP contribution is 2.35. The maximum atomic E-state index is 6.29. The third kappa shape index (κ3) is 2.97. The minimum absolute atomic E-state index is 0.0380. The van der Waals surface area contributed by atoms with E-state index in [1.54, 1.807) is 0 Å². The maximum absolute atomic E-state index is 6.29. The van der Waals surface area contributed by atoms with E-state index in [9.17, 15) is 0 Å². The molecule has 2 aromatic carbocycles. The zero-order valence-electron chi connectivity index (χ0n) is 12.3. The molecule has 2 rings (SSSR count). The summed E-state index contributed by atoms with van der Waals surface area (Å²) in [5.74, 6) is 1.54. The second-order valence-electron chi connectivity index (χ2n) is 5.23. The van der Waals surface area contributed by atoms with Crippen LogP contribution in [0.3, 0.4) is 0 Å². The number of rotatable bonds is 3. The van der Waals surface area contributed by atoms with Crippen LogP contribution < -0.4 is 10.5 Å². The molecule has 0 amide bonds. The molecule has 20 heavy (non-hydrogen) atoms. The molecule has 0 spiro atoms. The first-order valence-corrected chi connectivity index (χ1v) is 7.07. The fraction of sp³-hybridized carbons (Fsp3) is 0.294. The Hall–Kier alpha value is -1.51. The van der Waals surface area contributed by atoms with E-state index < -0.39 is 0 Å². The van der Waals surface area contributed by atoms with Crippen molar-refractivity contribution in [1.82, 2.24) is 0 Å². The van der Waals surface area contributed by atoms with Gasteiger partial charge in [0.15, 0.2) is 0 Å². The first-order chi connectivity index (χ1) is 9.40. The highest BCUT2D eigenvalue weighted by atomic mass is 35.5. The molecular formula is C17H20ClNO. The van der Waals surface area contributed by atoms with Crippen LogP contribution in [0.5, 0.6) is 11.5 Å². The molecular weight excluding hydrogens is 270 g/mol. The van der Waals surface area contributed by atoms with Crippen molar-refractivity contribution in [3.8, 4) is 11.5 Å². The quantitative estimate of drug-likeness (QED) is 0.855. The van der Waals surface area contributed by atoms with E-state index in [0.717, 1.165) is 22.4 Å². The van der Waals surface area contributed by atoms with Crippen LogP contribution in [0.1, 0.15) is 35.2 Å². The average molecular weight is 290 g/mol. The second kappa shape index (κ2) is 5.86. The lowest BCUT2D eigenvalue weighted by molar-refractivity contribution is 0.474. The Bertz CT molecular complexity index is 635. The summed E-state index contributed by atoms with van der Waals surface area (Å²) in [5.41, 5.74) is 10.3. The number of aryl methyl sites for hydroxylation is 2. The van der Waals surface area contributed by atoms with Crippen LogP contribution >= 0.6 is 11.6 Å². The summed E-state index contributed by atoms with van der Waals surface area (Å²) in [5, 5.41) is 0.583. The number of ether oxygens (including phenoxy) is 1. The van der Waals surface area contributed by atoms with Gasteiger partial charge >= 0.3 is 0 Å². The summed E-state index contributed by atoms with van der Waals surface area (Å²) in [6, 6.07) is 9.81. The molecule has 1 atom stereocenters. The molecule has 2 N–H and O–H groups in total. The molecule has 0 radical (unpaired) electrons. The molecule has 0 unspecified atom stereocenters. The molecule has 0 heterocycles. The molecule has 0 fully saturated rings. The summed E-state index contributed by atoms with van der Waals surface area (Å²) in [6.07, 6.45) is 0. The Labute approximate surface area is 125 Å². The van der Waals surface area contributed by atoms with Crippen molar-refractivity contribution in [3.63, 3.8) is 0 Å². The van der Waals surface area contributed by atoms with E-state index >= 15 is 0 Å². The van der Waals surface area contributed by atoms with E-state index in [4.69, 9.17) is 22.1 Å². The van der Waals surface area contributed by atoms with E-state index in [1.165, 1.54) is 5.56 Å². The Morgan fingerprint density at radius 1 is 1.05 bits per heavy atom. The second-order valence-corrected chi connectivity index (χ2v) is 5.64. The lowest BCUT2D eigenvalue weighted by Crippen LogP contribution is -2.04. The van der Waals surface area contributed by atoms with Gasteiger partial charge in [-0.25, -0.2) is 0 Å². The van der Waals surface area contributed by atoms with Gasteiger partial charge < -0.3 is 10.5 Å².